The van der Waals surface area contributed by atoms with E-state index < -0.39 is 17.2 Å². The molecule has 1 saturated heterocycles. The zero-order valence-electron chi connectivity index (χ0n) is 21.6. The van der Waals surface area contributed by atoms with Gasteiger partial charge in [-0.3, -0.25) is 14.6 Å². The Kier molecular flexibility index (Phi) is 6.31. The summed E-state index contributed by atoms with van der Waals surface area (Å²) in [7, 11) is 0. The molecular formula is C28H31F2N7O. The summed E-state index contributed by atoms with van der Waals surface area (Å²) in [6.45, 7) is 6.73. The molecule has 0 bridgehead atoms. The monoisotopic (exact) mass is 519 g/mol. The number of rotatable bonds is 7. The molecule has 1 aliphatic carbocycles. The van der Waals surface area contributed by atoms with Gasteiger partial charge in [0.25, 0.3) is 0 Å². The third kappa shape index (κ3) is 5.37. The number of hydrogen-bond donors (Lipinski definition) is 1. The minimum Gasteiger partial charge on any atom is -0.390 e. The topological polar surface area (TPSA) is 83.2 Å². The van der Waals surface area contributed by atoms with E-state index in [0.29, 0.717) is 56.3 Å². The molecule has 1 N–H and O–H groups in total. The first-order chi connectivity index (χ1) is 18.2. The molecule has 4 aromatic rings. The van der Waals surface area contributed by atoms with E-state index in [-0.39, 0.29) is 0 Å². The van der Waals surface area contributed by atoms with Crippen molar-refractivity contribution in [3.8, 4) is 11.3 Å². The Balaban J connectivity index is 1.29. The van der Waals surface area contributed by atoms with Crippen LogP contribution in [0, 0.1) is 11.6 Å². The van der Waals surface area contributed by atoms with Crippen LogP contribution in [0.2, 0.25) is 0 Å². The minimum absolute atomic E-state index is 0.411. The molecule has 4 heterocycles. The van der Waals surface area contributed by atoms with Crippen LogP contribution in [0.15, 0.2) is 42.9 Å². The molecule has 2 aliphatic rings. The first kappa shape index (κ1) is 24.8. The van der Waals surface area contributed by atoms with Crippen LogP contribution in [0.3, 0.4) is 0 Å². The van der Waals surface area contributed by atoms with Gasteiger partial charge in [0.15, 0.2) is 5.82 Å². The van der Waals surface area contributed by atoms with Crippen molar-refractivity contribution in [3.05, 3.63) is 65.7 Å². The summed E-state index contributed by atoms with van der Waals surface area (Å²) in [5, 5.41) is 14.8. The van der Waals surface area contributed by atoms with Crippen LogP contribution < -0.4 is 4.90 Å². The second-order valence-corrected chi connectivity index (χ2v) is 11.0. The Morgan fingerprint density at radius 2 is 1.79 bits per heavy atom. The van der Waals surface area contributed by atoms with Crippen molar-refractivity contribution in [2.45, 2.75) is 51.3 Å². The van der Waals surface area contributed by atoms with Crippen LogP contribution in [-0.4, -0.2) is 66.5 Å². The van der Waals surface area contributed by atoms with E-state index in [2.05, 4.69) is 19.9 Å². The molecule has 8 nitrogen and oxygen atoms in total. The summed E-state index contributed by atoms with van der Waals surface area (Å²) in [6, 6.07) is 6.11. The van der Waals surface area contributed by atoms with E-state index in [1.807, 2.05) is 23.1 Å². The normalized spacial score (nSPS) is 16.9. The average molecular weight is 520 g/mol. The lowest BCUT2D eigenvalue weighted by atomic mass is 10.0. The highest BCUT2D eigenvalue weighted by molar-refractivity contribution is 5.83. The fourth-order valence-electron chi connectivity index (χ4n) is 4.95. The third-order valence-electron chi connectivity index (χ3n) is 7.08. The number of pyridine rings is 1. The van der Waals surface area contributed by atoms with Gasteiger partial charge in [-0.1, -0.05) is 6.07 Å². The Morgan fingerprint density at radius 1 is 1.00 bits per heavy atom. The molecule has 0 unspecified atom stereocenters. The number of piperazine rings is 1. The molecule has 3 aromatic heterocycles. The van der Waals surface area contributed by atoms with Crippen molar-refractivity contribution in [2.75, 3.05) is 31.1 Å². The van der Waals surface area contributed by atoms with Crippen molar-refractivity contribution in [1.82, 2.24) is 29.6 Å². The zero-order chi connectivity index (χ0) is 26.4. The SMILES string of the molecule is CC(C)(O)Cc1cc2nc(N3CCN(Cc4ccc(F)cc4F)CC3)c(-c3cnn(C4CC4)c3)nc2cn1. The highest BCUT2D eigenvalue weighted by atomic mass is 19.1. The van der Waals surface area contributed by atoms with E-state index in [1.54, 1.807) is 20.0 Å². The minimum atomic E-state index is -0.880. The number of hydrogen-bond acceptors (Lipinski definition) is 7. The van der Waals surface area contributed by atoms with Gasteiger partial charge in [0.05, 0.1) is 29.6 Å². The number of halogens is 2. The summed E-state index contributed by atoms with van der Waals surface area (Å²) in [6.07, 6.45) is 8.30. The van der Waals surface area contributed by atoms with Gasteiger partial charge in [0.2, 0.25) is 0 Å². The fourth-order valence-corrected chi connectivity index (χ4v) is 4.95. The molecule has 1 saturated carbocycles. The molecule has 198 valence electrons. The van der Waals surface area contributed by atoms with E-state index >= 15 is 0 Å². The van der Waals surface area contributed by atoms with Crippen molar-refractivity contribution >= 4 is 16.9 Å². The van der Waals surface area contributed by atoms with Crippen molar-refractivity contribution < 1.29 is 13.9 Å². The van der Waals surface area contributed by atoms with E-state index in [1.165, 1.54) is 12.1 Å². The first-order valence-corrected chi connectivity index (χ1v) is 13.1. The maximum atomic E-state index is 14.2. The molecule has 0 radical (unpaired) electrons. The van der Waals surface area contributed by atoms with Gasteiger partial charge in [-0.05, 0) is 38.8 Å². The molecule has 10 heteroatoms. The van der Waals surface area contributed by atoms with Crippen LogP contribution >= 0.6 is 0 Å². The quantitative estimate of drug-likeness (QED) is 0.393. The standard InChI is InChI=1S/C28H31F2N7O/c1-28(2,38)13-21-12-24-25(15-31-21)33-26(19-14-32-37(17-19)22-5-6-22)27(34-24)36-9-7-35(8-10-36)16-18-3-4-20(29)11-23(18)30/h3-4,11-12,14-15,17,22,38H,5-10,13,16H2,1-2H3. The largest absolute Gasteiger partial charge is 0.390 e. The zero-order valence-corrected chi connectivity index (χ0v) is 21.6. The van der Waals surface area contributed by atoms with Gasteiger partial charge in [-0.2, -0.15) is 5.10 Å². The predicted octanol–water partition coefficient (Wildman–Crippen LogP) is 4.14. The van der Waals surface area contributed by atoms with Crippen LogP contribution in [-0.2, 0) is 13.0 Å². The lowest BCUT2D eigenvalue weighted by Gasteiger charge is -2.36. The average Bonchev–Trinajstić information content (AvgIpc) is 3.61. The first-order valence-electron chi connectivity index (χ1n) is 13.1. The predicted molar refractivity (Wildman–Crippen MR) is 141 cm³/mol. The van der Waals surface area contributed by atoms with Crippen LogP contribution in [0.25, 0.3) is 22.3 Å². The smallest absolute Gasteiger partial charge is 0.156 e. The Labute approximate surface area is 220 Å². The maximum Gasteiger partial charge on any atom is 0.156 e. The van der Waals surface area contributed by atoms with Gasteiger partial charge < -0.3 is 10.0 Å². The molecule has 0 spiro atoms. The summed E-state index contributed by atoms with van der Waals surface area (Å²) in [4.78, 5) is 18.9. The van der Waals surface area contributed by atoms with Gasteiger partial charge in [0.1, 0.15) is 22.8 Å². The molecule has 1 aromatic carbocycles. The number of fused-ring (bicyclic) bond motifs is 1. The van der Waals surface area contributed by atoms with Crippen molar-refractivity contribution in [3.63, 3.8) is 0 Å². The second-order valence-electron chi connectivity index (χ2n) is 11.0. The molecular weight excluding hydrogens is 488 g/mol. The van der Waals surface area contributed by atoms with Crippen LogP contribution in [0.1, 0.15) is 44.0 Å². The highest BCUT2D eigenvalue weighted by Crippen LogP contribution is 2.37. The molecule has 6 rings (SSSR count). The van der Waals surface area contributed by atoms with E-state index in [4.69, 9.17) is 9.97 Å². The molecule has 2 fully saturated rings. The molecule has 0 atom stereocenters. The Bertz CT molecular complexity index is 1470. The molecule has 0 amide bonds. The summed E-state index contributed by atoms with van der Waals surface area (Å²) < 4.78 is 29.5. The molecule has 1 aliphatic heterocycles. The highest BCUT2D eigenvalue weighted by Gasteiger charge is 2.27. The number of benzene rings is 1. The van der Waals surface area contributed by atoms with E-state index in [0.717, 1.165) is 47.2 Å². The lowest BCUT2D eigenvalue weighted by Crippen LogP contribution is -2.46. The third-order valence-corrected chi connectivity index (χ3v) is 7.08. The van der Waals surface area contributed by atoms with Gasteiger partial charge in [-0.15, -0.1) is 0 Å². The number of nitrogens with zero attached hydrogens (tertiary/aromatic N) is 7. The Hall–Kier alpha value is -3.50. The number of aliphatic hydroxyl groups is 1. The number of aromatic nitrogens is 5. The van der Waals surface area contributed by atoms with Gasteiger partial charge in [0, 0.05) is 68.2 Å². The summed E-state index contributed by atoms with van der Waals surface area (Å²) in [5.74, 6) is -0.302. The fraction of sp³-hybridized carbons (Fsp3) is 0.429. The van der Waals surface area contributed by atoms with Gasteiger partial charge in [-0.25, -0.2) is 18.7 Å². The Morgan fingerprint density at radius 3 is 2.50 bits per heavy atom. The maximum absolute atomic E-state index is 14.2. The van der Waals surface area contributed by atoms with E-state index in [9.17, 15) is 13.9 Å². The summed E-state index contributed by atoms with van der Waals surface area (Å²) in [5.41, 5.74) is 3.46. The summed E-state index contributed by atoms with van der Waals surface area (Å²) >= 11 is 0. The molecule has 38 heavy (non-hydrogen) atoms. The lowest BCUT2D eigenvalue weighted by molar-refractivity contribution is 0.0800. The van der Waals surface area contributed by atoms with Crippen LogP contribution in [0.4, 0.5) is 14.6 Å². The van der Waals surface area contributed by atoms with Crippen molar-refractivity contribution in [1.29, 1.82) is 0 Å². The number of anilines is 1. The second kappa shape index (κ2) is 9.67. The van der Waals surface area contributed by atoms with Crippen LogP contribution in [0.5, 0.6) is 0 Å². The van der Waals surface area contributed by atoms with Gasteiger partial charge >= 0.3 is 0 Å². The van der Waals surface area contributed by atoms with Crippen molar-refractivity contribution in [2.24, 2.45) is 0 Å².